The fraction of sp³-hybridized carbons (Fsp3) is 0.0500. The van der Waals surface area contributed by atoms with Gasteiger partial charge in [0.05, 0.1) is 16.9 Å². The first-order chi connectivity index (χ1) is 21.6. The molecule has 44 heavy (non-hydrogen) atoms. The number of hydrogen-bond acceptors (Lipinski definition) is 3. The van der Waals surface area contributed by atoms with Crippen molar-refractivity contribution in [2.24, 2.45) is 5.73 Å². The van der Waals surface area contributed by atoms with E-state index in [9.17, 15) is 0 Å². The second-order valence-electron chi connectivity index (χ2n) is 10.7. The molecular weight excluding hydrogens is 555 g/mol. The molecule has 0 amide bonds. The summed E-state index contributed by atoms with van der Waals surface area (Å²) >= 11 is 1.73. The smallest absolute Gasteiger partial charge is 0.0552 e. The van der Waals surface area contributed by atoms with Crippen LogP contribution in [0.5, 0.6) is 0 Å². The van der Waals surface area contributed by atoms with Crippen molar-refractivity contribution in [2.45, 2.75) is 6.04 Å². The van der Waals surface area contributed by atoms with Crippen molar-refractivity contribution >= 4 is 39.8 Å². The number of hydrogen-bond donors (Lipinski definition) is 2. The molecule has 0 radical (unpaired) electrons. The molecule has 1 aliphatic heterocycles. The molecule has 0 fully saturated rings. The topological polar surface area (TPSA) is 43.0 Å². The molecule has 216 valence electrons. The lowest BCUT2D eigenvalue weighted by molar-refractivity contribution is 0.669. The van der Waals surface area contributed by atoms with E-state index in [4.69, 9.17) is 5.73 Å². The molecule has 1 aliphatic rings. The maximum absolute atomic E-state index is 6.59. The number of para-hydroxylation sites is 2. The molecule has 1 unspecified atom stereocenters. The quantitative estimate of drug-likeness (QED) is 0.204. The van der Waals surface area contributed by atoms with Crippen molar-refractivity contribution in [3.05, 3.63) is 190 Å². The fourth-order valence-corrected chi connectivity index (χ4v) is 6.21. The average Bonchev–Trinajstić information content (AvgIpc) is 3.37. The van der Waals surface area contributed by atoms with Crippen molar-refractivity contribution in [1.29, 1.82) is 0 Å². The third-order valence-electron chi connectivity index (χ3n) is 7.71. The molecule has 0 spiro atoms. The van der Waals surface area contributed by atoms with Crippen molar-refractivity contribution in [2.75, 3.05) is 6.54 Å². The van der Waals surface area contributed by atoms with Crippen LogP contribution in [0.15, 0.2) is 169 Å². The number of aromatic nitrogens is 1. The van der Waals surface area contributed by atoms with E-state index in [-0.39, 0.29) is 6.04 Å². The maximum Gasteiger partial charge on any atom is 0.0552 e. The molecular formula is C40H35N3S. The van der Waals surface area contributed by atoms with Gasteiger partial charge in [0.15, 0.2) is 0 Å². The molecule has 0 aliphatic carbocycles. The van der Waals surface area contributed by atoms with Gasteiger partial charge >= 0.3 is 0 Å². The molecule has 0 saturated heterocycles. The molecule has 6 rings (SSSR count). The van der Waals surface area contributed by atoms with Crippen molar-refractivity contribution in [3.8, 4) is 5.69 Å². The van der Waals surface area contributed by atoms with E-state index in [0.29, 0.717) is 6.54 Å². The third kappa shape index (κ3) is 6.47. The van der Waals surface area contributed by atoms with Crippen LogP contribution in [-0.4, -0.2) is 11.1 Å². The summed E-state index contributed by atoms with van der Waals surface area (Å²) in [7, 11) is 0. The SMILES string of the molecule is C=C1/C=C\C=C(\CNC(/C=C(\N)c2ccccc2)c2ccccc2)S/C=c2\c(n(-c3ccccc3)c3ccccc23)=C/C1=C. The van der Waals surface area contributed by atoms with Crippen LogP contribution in [0.4, 0.5) is 0 Å². The monoisotopic (exact) mass is 589 g/mol. The predicted molar refractivity (Wildman–Crippen MR) is 190 cm³/mol. The molecule has 3 nitrogen and oxygen atoms in total. The van der Waals surface area contributed by atoms with Gasteiger partial charge in [-0.05, 0) is 58.0 Å². The van der Waals surface area contributed by atoms with Gasteiger partial charge in [-0.25, -0.2) is 0 Å². The van der Waals surface area contributed by atoms with E-state index >= 15 is 0 Å². The zero-order valence-corrected chi connectivity index (χ0v) is 25.4. The minimum absolute atomic E-state index is 0.0706. The number of thioether (sulfide) groups is 1. The van der Waals surface area contributed by atoms with Gasteiger partial charge in [-0.15, -0.1) is 11.8 Å². The Morgan fingerprint density at radius 2 is 1.48 bits per heavy atom. The molecule has 1 aromatic heterocycles. The summed E-state index contributed by atoms with van der Waals surface area (Å²) in [5.41, 5.74) is 13.5. The minimum Gasteiger partial charge on any atom is -0.398 e. The lowest BCUT2D eigenvalue weighted by Gasteiger charge is -2.18. The Morgan fingerprint density at radius 3 is 2.23 bits per heavy atom. The van der Waals surface area contributed by atoms with Crippen molar-refractivity contribution in [1.82, 2.24) is 9.88 Å². The van der Waals surface area contributed by atoms with E-state index in [1.54, 1.807) is 11.8 Å². The minimum atomic E-state index is -0.0706. The Morgan fingerprint density at radius 1 is 0.818 bits per heavy atom. The Labute approximate surface area is 263 Å². The molecule has 1 atom stereocenters. The van der Waals surface area contributed by atoms with Crippen LogP contribution >= 0.6 is 11.8 Å². The van der Waals surface area contributed by atoms with Crippen LogP contribution < -0.4 is 21.6 Å². The molecule has 3 N–H and O–H groups in total. The summed E-state index contributed by atoms with van der Waals surface area (Å²) in [5, 5.41) is 9.46. The van der Waals surface area contributed by atoms with Crippen LogP contribution in [0.2, 0.25) is 0 Å². The zero-order chi connectivity index (χ0) is 30.3. The van der Waals surface area contributed by atoms with Crippen LogP contribution in [0.1, 0.15) is 17.2 Å². The number of rotatable bonds is 7. The largest absolute Gasteiger partial charge is 0.398 e. The molecule has 0 bridgehead atoms. The molecule has 2 heterocycles. The average molecular weight is 590 g/mol. The first kappa shape index (κ1) is 29.1. The Balaban J connectivity index is 1.41. The lowest BCUT2D eigenvalue weighted by Crippen LogP contribution is -2.28. The van der Waals surface area contributed by atoms with Crippen molar-refractivity contribution in [3.63, 3.8) is 0 Å². The predicted octanol–water partition coefficient (Wildman–Crippen LogP) is 7.78. The first-order valence-electron chi connectivity index (χ1n) is 14.7. The Bertz CT molecular complexity index is 2010. The van der Waals surface area contributed by atoms with E-state index < -0.39 is 0 Å². The second-order valence-corrected chi connectivity index (χ2v) is 11.7. The summed E-state index contributed by atoms with van der Waals surface area (Å²) in [6.45, 7) is 9.34. The summed E-state index contributed by atoms with van der Waals surface area (Å²) in [6, 6.07) is 39.5. The lowest BCUT2D eigenvalue weighted by atomic mass is 10.0. The number of fused-ring (bicyclic) bond motifs is 3. The van der Waals surface area contributed by atoms with E-state index in [2.05, 4.69) is 126 Å². The molecule has 4 heteroatoms. The van der Waals surface area contributed by atoms with E-state index in [0.717, 1.165) is 54.6 Å². The number of nitrogens with one attached hydrogen (secondary N) is 1. The standard InChI is InChI=1S/C40H35N3S/c1-29-15-14-22-34(27-42-38(32-18-8-4-9-19-32)26-37(41)31-16-6-3-7-17-31)44-28-36-35-23-12-13-24-39(35)43(40(36)25-30(29)2)33-20-10-5-11-21-33/h3-26,28,38,42H,1-2,27,41H2/b15-14-,34-22-,36-28-,37-26-,40-25+. The van der Waals surface area contributed by atoms with Gasteiger partial charge in [-0.2, -0.15) is 0 Å². The Kier molecular flexibility index (Phi) is 8.93. The number of nitrogens with two attached hydrogens (primary N) is 1. The van der Waals surface area contributed by atoms with E-state index in [1.165, 1.54) is 5.39 Å². The second kappa shape index (κ2) is 13.5. The van der Waals surface area contributed by atoms with E-state index in [1.807, 2.05) is 48.5 Å². The summed E-state index contributed by atoms with van der Waals surface area (Å²) in [5.74, 6) is 0. The first-order valence-corrected chi connectivity index (χ1v) is 15.6. The Hall–Kier alpha value is -5.03. The van der Waals surface area contributed by atoms with Crippen LogP contribution in [0, 0.1) is 0 Å². The summed E-state index contributed by atoms with van der Waals surface area (Å²) in [4.78, 5) is 1.16. The van der Waals surface area contributed by atoms with Gasteiger partial charge < -0.3 is 15.6 Å². The van der Waals surface area contributed by atoms with Crippen LogP contribution in [-0.2, 0) is 0 Å². The van der Waals surface area contributed by atoms with Gasteiger partial charge in [0, 0.05) is 33.4 Å². The highest BCUT2D eigenvalue weighted by atomic mass is 32.2. The van der Waals surface area contributed by atoms with Gasteiger partial charge in [0.2, 0.25) is 0 Å². The normalized spacial score (nSPS) is 18.1. The van der Waals surface area contributed by atoms with Gasteiger partial charge in [-0.3, -0.25) is 0 Å². The highest BCUT2D eigenvalue weighted by molar-refractivity contribution is 8.10. The van der Waals surface area contributed by atoms with Crippen LogP contribution in [0.3, 0.4) is 0 Å². The highest BCUT2D eigenvalue weighted by Gasteiger charge is 2.13. The molecule has 5 aromatic rings. The fourth-order valence-electron chi connectivity index (χ4n) is 5.37. The van der Waals surface area contributed by atoms with Gasteiger partial charge in [0.1, 0.15) is 0 Å². The molecule has 4 aromatic carbocycles. The zero-order valence-electron chi connectivity index (χ0n) is 24.6. The summed E-state index contributed by atoms with van der Waals surface area (Å²) in [6.07, 6.45) is 10.5. The maximum atomic E-state index is 6.59. The molecule has 0 saturated carbocycles. The number of benzene rings is 4. The number of allylic oxidation sites excluding steroid dienone is 5. The number of nitrogens with zero attached hydrogens (tertiary/aromatic N) is 1. The summed E-state index contributed by atoms with van der Waals surface area (Å²) < 4.78 is 2.31. The van der Waals surface area contributed by atoms with Crippen molar-refractivity contribution < 1.29 is 0 Å². The highest BCUT2D eigenvalue weighted by Crippen LogP contribution is 2.24. The van der Waals surface area contributed by atoms with Crippen LogP contribution in [0.25, 0.3) is 33.8 Å². The third-order valence-corrected chi connectivity index (χ3v) is 8.64. The van der Waals surface area contributed by atoms with Gasteiger partial charge in [-0.1, -0.05) is 128 Å². The van der Waals surface area contributed by atoms with Gasteiger partial charge in [0.25, 0.3) is 0 Å².